The van der Waals surface area contributed by atoms with Crippen LogP contribution in [-0.4, -0.2) is 12.6 Å². The van der Waals surface area contributed by atoms with E-state index in [0.29, 0.717) is 0 Å². The maximum Gasteiger partial charge on any atom is 0.0775 e. The van der Waals surface area contributed by atoms with E-state index in [0.717, 1.165) is 0 Å². The van der Waals surface area contributed by atoms with Gasteiger partial charge in [-0.3, -0.25) is 0 Å². The molecular formula is C57H48N2Si. The van der Waals surface area contributed by atoms with Gasteiger partial charge in [0.05, 0.1) is 30.5 Å². The van der Waals surface area contributed by atoms with E-state index in [-0.39, 0.29) is 5.41 Å². The van der Waals surface area contributed by atoms with Crippen LogP contribution in [-0.2, 0) is 5.41 Å². The average Bonchev–Trinajstić information content (AvgIpc) is 3.71. The minimum atomic E-state index is -1.51. The Hall–Kier alpha value is -6.68. The van der Waals surface area contributed by atoms with Crippen LogP contribution in [0.4, 0.5) is 17.1 Å². The topological polar surface area (TPSA) is 8.17 Å². The zero-order valence-electron chi connectivity index (χ0n) is 35.2. The normalized spacial score (nSPS) is 13.3. The monoisotopic (exact) mass is 788 g/mol. The summed E-state index contributed by atoms with van der Waals surface area (Å²) in [6.45, 7) is 14.3. The van der Waals surface area contributed by atoms with Crippen LogP contribution in [0.3, 0.4) is 0 Å². The SMILES string of the molecule is Cc1ccc2c(c1)c1cccc(-c3ccccc3)c1n2-c1ccc2c(c1)C(C)(C)c1cc(N(c3ccc([Si](C)(C)C)cc3)c3cccc4ccccc34)c3ccccc3c1-2. The number of hydrogen-bond donors (Lipinski definition) is 0. The Labute approximate surface area is 354 Å². The number of anilines is 3. The zero-order chi connectivity index (χ0) is 40.9. The van der Waals surface area contributed by atoms with Crippen molar-refractivity contribution >= 4 is 73.7 Å². The first kappa shape index (κ1) is 36.4. The highest BCUT2D eigenvalue weighted by Gasteiger charge is 2.38. The summed E-state index contributed by atoms with van der Waals surface area (Å²) in [5.74, 6) is 0. The summed E-state index contributed by atoms with van der Waals surface area (Å²) in [5.41, 5.74) is 16.1. The Kier molecular flexibility index (Phi) is 8.14. The molecule has 1 aliphatic carbocycles. The van der Waals surface area contributed by atoms with Crippen LogP contribution < -0.4 is 10.1 Å². The molecule has 60 heavy (non-hydrogen) atoms. The minimum absolute atomic E-state index is 0.275. The maximum absolute atomic E-state index is 2.52. The summed E-state index contributed by atoms with van der Waals surface area (Å²) < 4.78 is 2.52. The Morgan fingerprint density at radius 3 is 1.97 bits per heavy atom. The maximum atomic E-state index is 2.52. The highest BCUT2D eigenvalue weighted by Crippen LogP contribution is 2.55. The molecular weight excluding hydrogens is 741 g/mol. The summed E-state index contributed by atoms with van der Waals surface area (Å²) in [6.07, 6.45) is 0. The van der Waals surface area contributed by atoms with Gasteiger partial charge in [0.2, 0.25) is 0 Å². The van der Waals surface area contributed by atoms with Gasteiger partial charge in [0, 0.05) is 43.9 Å². The van der Waals surface area contributed by atoms with Crippen molar-refractivity contribution in [2.75, 3.05) is 4.90 Å². The number of nitrogens with zero attached hydrogens (tertiary/aromatic N) is 2. The fourth-order valence-corrected chi connectivity index (χ4v) is 11.3. The van der Waals surface area contributed by atoms with Gasteiger partial charge in [-0.2, -0.15) is 0 Å². The lowest BCUT2D eigenvalue weighted by atomic mass is 9.81. The largest absolute Gasteiger partial charge is 0.309 e. The van der Waals surface area contributed by atoms with E-state index < -0.39 is 8.07 Å². The highest BCUT2D eigenvalue weighted by molar-refractivity contribution is 6.88. The molecule has 0 bridgehead atoms. The first-order valence-electron chi connectivity index (χ1n) is 21.3. The highest BCUT2D eigenvalue weighted by atomic mass is 28.3. The molecule has 1 aliphatic rings. The van der Waals surface area contributed by atoms with Crippen molar-refractivity contribution in [1.82, 2.24) is 4.57 Å². The van der Waals surface area contributed by atoms with Crippen molar-refractivity contribution in [3.63, 3.8) is 0 Å². The molecule has 0 saturated carbocycles. The molecule has 0 radical (unpaired) electrons. The number of fused-ring (bicyclic) bond motifs is 9. The third-order valence-corrected chi connectivity index (χ3v) is 15.2. The van der Waals surface area contributed by atoms with Crippen molar-refractivity contribution < 1.29 is 0 Å². The molecule has 2 nitrogen and oxygen atoms in total. The first-order valence-corrected chi connectivity index (χ1v) is 24.8. The molecule has 3 heteroatoms. The molecule has 0 aliphatic heterocycles. The van der Waals surface area contributed by atoms with E-state index in [1.54, 1.807) is 0 Å². The summed E-state index contributed by atoms with van der Waals surface area (Å²) >= 11 is 0. The van der Waals surface area contributed by atoms with Gasteiger partial charge in [0.15, 0.2) is 0 Å². The molecule has 11 rings (SSSR count). The van der Waals surface area contributed by atoms with Crippen molar-refractivity contribution in [3.8, 4) is 27.9 Å². The lowest BCUT2D eigenvalue weighted by Crippen LogP contribution is -2.37. The number of aromatic nitrogens is 1. The summed E-state index contributed by atoms with van der Waals surface area (Å²) in [6, 6.07) is 68.3. The Balaban J connectivity index is 1.15. The molecule has 9 aromatic carbocycles. The van der Waals surface area contributed by atoms with E-state index in [2.05, 4.69) is 232 Å². The number of hydrogen-bond acceptors (Lipinski definition) is 1. The van der Waals surface area contributed by atoms with Gasteiger partial charge in [-0.1, -0.05) is 178 Å². The van der Waals surface area contributed by atoms with Gasteiger partial charge in [0.1, 0.15) is 0 Å². The molecule has 1 heterocycles. The molecule has 0 atom stereocenters. The van der Waals surface area contributed by atoms with Crippen LogP contribution in [0, 0.1) is 6.92 Å². The molecule has 0 saturated heterocycles. The second kappa shape index (κ2) is 13.4. The van der Waals surface area contributed by atoms with E-state index in [4.69, 9.17) is 0 Å². The number of rotatable bonds is 6. The Morgan fingerprint density at radius 2 is 1.18 bits per heavy atom. The van der Waals surface area contributed by atoms with Crippen LogP contribution in [0.25, 0.3) is 71.3 Å². The van der Waals surface area contributed by atoms with Gasteiger partial charge in [-0.25, -0.2) is 0 Å². The van der Waals surface area contributed by atoms with Gasteiger partial charge in [-0.15, -0.1) is 0 Å². The van der Waals surface area contributed by atoms with Crippen molar-refractivity contribution in [1.29, 1.82) is 0 Å². The van der Waals surface area contributed by atoms with Gasteiger partial charge >= 0.3 is 0 Å². The van der Waals surface area contributed by atoms with Crippen LogP contribution in [0.2, 0.25) is 19.6 Å². The minimum Gasteiger partial charge on any atom is -0.309 e. The number of benzene rings is 9. The summed E-state index contributed by atoms with van der Waals surface area (Å²) in [5, 5.41) is 9.03. The van der Waals surface area contributed by atoms with E-state index in [9.17, 15) is 0 Å². The lowest BCUT2D eigenvalue weighted by molar-refractivity contribution is 0.660. The van der Waals surface area contributed by atoms with Crippen molar-refractivity contribution in [2.24, 2.45) is 0 Å². The van der Waals surface area contributed by atoms with Crippen molar-refractivity contribution in [3.05, 3.63) is 199 Å². The molecule has 0 N–H and O–H groups in total. The number of aryl methyl sites for hydroxylation is 1. The average molecular weight is 789 g/mol. The standard InChI is InChI=1S/C57H48N2Si/c1-37-26-33-53-49(34-37)47-24-15-23-44(39-16-8-7-9-17-39)56(47)59(53)41-29-32-48-50(35-41)57(2,3)51-36-54(45-21-12-13-22-46(45)55(48)51)58(40-27-30-42(31-28-40)60(4,5)6)52-25-14-19-38-18-10-11-20-43(38)52/h7-36H,1-6H3. The second-order valence-electron chi connectivity index (χ2n) is 18.3. The van der Waals surface area contributed by atoms with Gasteiger partial charge in [0.25, 0.3) is 0 Å². The van der Waals surface area contributed by atoms with Crippen LogP contribution in [0.15, 0.2) is 182 Å². The van der Waals surface area contributed by atoms with Gasteiger partial charge in [-0.05, 0) is 94.0 Å². The predicted octanol–water partition coefficient (Wildman–Crippen LogP) is 15.4. The molecule has 0 fully saturated rings. The zero-order valence-corrected chi connectivity index (χ0v) is 36.2. The third kappa shape index (κ3) is 5.53. The summed E-state index contributed by atoms with van der Waals surface area (Å²) in [7, 11) is -1.51. The molecule has 1 aromatic heterocycles. The lowest BCUT2D eigenvalue weighted by Gasteiger charge is -2.31. The summed E-state index contributed by atoms with van der Waals surface area (Å²) in [4.78, 5) is 2.52. The van der Waals surface area contributed by atoms with E-state index in [1.807, 2.05) is 0 Å². The Morgan fingerprint density at radius 1 is 0.500 bits per heavy atom. The third-order valence-electron chi connectivity index (χ3n) is 13.2. The molecule has 0 amide bonds. The van der Waals surface area contributed by atoms with Crippen LogP contribution in [0.5, 0.6) is 0 Å². The molecule has 0 spiro atoms. The number of para-hydroxylation sites is 1. The van der Waals surface area contributed by atoms with E-state index in [1.165, 1.54) is 110 Å². The van der Waals surface area contributed by atoms with Crippen LogP contribution >= 0.6 is 0 Å². The van der Waals surface area contributed by atoms with Gasteiger partial charge < -0.3 is 9.47 Å². The second-order valence-corrected chi connectivity index (χ2v) is 23.4. The molecule has 0 unspecified atom stereocenters. The first-order chi connectivity index (χ1) is 29.1. The predicted molar refractivity (Wildman–Crippen MR) is 261 cm³/mol. The van der Waals surface area contributed by atoms with Crippen molar-refractivity contribution in [2.45, 2.75) is 45.8 Å². The Bertz CT molecular complexity index is 3320. The molecule has 290 valence electrons. The fourth-order valence-electron chi connectivity index (χ4n) is 10.1. The van der Waals surface area contributed by atoms with Crippen LogP contribution in [0.1, 0.15) is 30.5 Å². The van der Waals surface area contributed by atoms with E-state index >= 15 is 0 Å². The fraction of sp³-hybridized carbons (Fsp3) is 0.123. The smallest absolute Gasteiger partial charge is 0.0775 e. The molecule has 10 aromatic rings. The quantitative estimate of drug-likeness (QED) is 0.152.